The summed E-state index contributed by atoms with van der Waals surface area (Å²) < 4.78 is 0. The number of amides is 1. The van der Waals surface area contributed by atoms with Crippen molar-refractivity contribution in [1.82, 2.24) is 5.32 Å². The Kier molecular flexibility index (Phi) is 34.5. The second-order valence-corrected chi connectivity index (χ2v) is 12.6. The van der Waals surface area contributed by atoms with Gasteiger partial charge in [0.15, 0.2) is 0 Å². The molecule has 4 nitrogen and oxygen atoms in total. The predicted octanol–water partition coefficient (Wildman–Crippen LogP) is 11.2. The van der Waals surface area contributed by atoms with Crippen molar-refractivity contribution in [3.8, 4) is 0 Å². The molecule has 4 heteroatoms. The van der Waals surface area contributed by atoms with E-state index in [4.69, 9.17) is 0 Å². The zero-order valence-electron chi connectivity index (χ0n) is 29.2. The van der Waals surface area contributed by atoms with E-state index in [2.05, 4.69) is 67.8 Å². The van der Waals surface area contributed by atoms with Crippen LogP contribution in [0.25, 0.3) is 0 Å². The van der Waals surface area contributed by atoms with Crippen LogP contribution in [0.4, 0.5) is 0 Å². The molecule has 0 heterocycles. The predicted molar refractivity (Wildman–Crippen MR) is 193 cm³/mol. The molecular formula is C40H73NO3. The number of rotatable bonds is 33. The molecule has 0 aliphatic heterocycles. The number of aliphatic hydroxyl groups is 2. The third-order valence-corrected chi connectivity index (χ3v) is 8.35. The summed E-state index contributed by atoms with van der Waals surface area (Å²) in [5, 5.41) is 23.0. The van der Waals surface area contributed by atoms with Crippen molar-refractivity contribution >= 4 is 5.91 Å². The average Bonchev–Trinajstić information content (AvgIpc) is 3.03. The van der Waals surface area contributed by atoms with Gasteiger partial charge in [-0.05, 0) is 51.4 Å². The van der Waals surface area contributed by atoms with Gasteiger partial charge in [0.2, 0.25) is 5.91 Å². The van der Waals surface area contributed by atoms with Crippen molar-refractivity contribution in [3.63, 3.8) is 0 Å². The Labute approximate surface area is 274 Å². The minimum absolute atomic E-state index is 0.0436. The van der Waals surface area contributed by atoms with Gasteiger partial charge in [-0.15, -0.1) is 0 Å². The first-order valence-electron chi connectivity index (χ1n) is 18.8. The number of carbonyl (C=O) groups is 1. The van der Waals surface area contributed by atoms with Gasteiger partial charge in [-0.1, -0.05) is 172 Å². The van der Waals surface area contributed by atoms with Gasteiger partial charge in [0.05, 0.1) is 18.8 Å². The smallest absolute Gasteiger partial charge is 0.220 e. The molecule has 0 spiro atoms. The molecule has 0 saturated carbocycles. The van der Waals surface area contributed by atoms with Crippen LogP contribution in [-0.2, 0) is 4.79 Å². The van der Waals surface area contributed by atoms with Gasteiger partial charge in [0.25, 0.3) is 0 Å². The van der Waals surface area contributed by atoms with E-state index in [-0.39, 0.29) is 12.5 Å². The highest BCUT2D eigenvalue weighted by molar-refractivity contribution is 5.76. The Hall–Kier alpha value is -1.65. The normalized spacial score (nSPS) is 13.6. The molecule has 0 aromatic heterocycles. The molecule has 0 fully saturated rings. The van der Waals surface area contributed by atoms with Crippen molar-refractivity contribution < 1.29 is 15.0 Å². The molecule has 0 bridgehead atoms. The standard InChI is InChI=1S/C40H73NO3/c1-3-5-7-9-11-13-15-16-17-18-19-20-21-22-23-24-26-28-30-32-34-36-40(44)41-38(37-42)39(43)35-33-31-29-27-25-14-12-10-8-6-4-2/h5,7,11,13,16-17,19-20,38-39,42-43H,3-4,6,8-10,12,14-15,18,21-37H2,1-2H3,(H,41,44)/b7-5-,13-11-,17-16-,20-19-. The molecule has 1 amide bonds. The highest BCUT2D eigenvalue weighted by Crippen LogP contribution is 2.14. The van der Waals surface area contributed by atoms with Gasteiger partial charge in [-0.2, -0.15) is 0 Å². The zero-order valence-corrected chi connectivity index (χ0v) is 29.2. The maximum Gasteiger partial charge on any atom is 0.220 e. The van der Waals surface area contributed by atoms with Crippen LogP contribution in [0, 0.1) is 0 Å². The summed E-state index contributed by atoms with van der Waals surface area (Å²) in [7, 11) is 0. The fourth-order valence-corrected chi connectivity index (χ4v) is 5.47. The SMILES string of the molecule is CC/C=C\C/C=C\C/C=C\C/C=C\CCCCCCCCCCC(=O)NC(CO)C(O)CCCCCCCCCCCCC. The first-order valence-corrected chi connectivity index (χ1v) is 18.8. The summed E-state index contributed by atoms with van der Waals surface area (Å²) in [6.45, 7) is 4.22. The molecule has 0 aliphatic rings. The highest BCUT2D eigenvalue weighted by Gasteiger charge is 2.19. The van der Waals surface area contributed by atoms with Crippen molar-refractivity contribution in [2.75, 3.05) is 6.61 Å². The number of carbonyl (C=O) groups excluding carboxylic acids is 1. The van der Waals surface area contributed by atoms with Crippen molar-refractivity contribution in [3.05, 3.63) is 48.6 Å². The van der Waals surface area contributed by atoms with Crippen LogP contribution in [-0.4, -0.2) is 34.9 Å². The van der Waals surface area contributed by atoms with E-state index in [1.165, 1.54) is 103 Å². The lowest BCUT2D eigenvalue weighted by Gasteiger charge is -2.22. The van der Waals surface area contributed by atoms with E-state index in [9.17, 15) is 15.0 Å². The minimum Gasteiger partial charge on any atom is -0.394 e. The van der Waals surface area contributed by atoms with Gasteiger partial charge >= 0.3 is 0 Å². The number of nitrogens with one attached hydrogen (secondary N) is 1. The Morgan fingerprint density at radius 3 is 1.50 bits per heavy atom. The largest absolute Gasteiger partial charge is 0.394 e. The maximum absolute atomic E-state index is 12.3. The van der Waals surface area contributed by atoms with Crippen LogP contribution < -0.4 is 5.32 Å². The lowest BCUT2D eigenvalue weighted by Crippen LogP contribution is -2.45. The van der Waals surface area contributed by atoms with Crippen LogP contribution in [0.2, 0.25) is 0 Å². The minimum atomic E-state index is -0.662. The Morgan fingerprint density at radius 1 is 0.568 bits per heavy atom. The summed E-state index contributed by atoms with van der Waals surface area (Å²) in [4.78, 5) is 12.3. The quantitative estimate of drug-likeness (QED) is 0.0508. The van der Waals surface area contributed by atoms with Crippen LogP contribution in [0.1, 0.15) is 181 Å². The van der Waals surface area contributed by atoms with Crippen molar-refractivity contribution in [2.45, 2.75) is 193 Å². The highest BCUT2D eigenvalue weighted by atomic mass is 16.3. The molecule has 0 aliphatic carbocycles. The molecule has 3 N–H and O–H groups in total. The number of unbranched alkanes of at least 4 members (excludes halogenated alkanes) is 18. The van der Waals surface area contributed by atoms with Crippen molar-refractivity contribution in [2.24, 2.45) is 0 Å². The third kappa shape index (κ3) is 31.8. The molecule has 2 unspecified atom stereocenters. The molecule has 2 atom stereocenters. The molecular weight excluding hydrogens is 542 g/mol. The van der Waals surface area contributed by atoms with E-state index >= 15 is 0 Å². The topological polar surface area (TPSA) is 69.6 Å². The molecule has 256 valence electrons. The van der Waals surface area contributed by atoms with Crippen LogP contribution in [0.5, 0.6) is 0 Å². The fraction of sp³-hybridized carbons (Fsp3) is 0.775. The molecule has 0 aromatic carbocycles. The Bertz CT molecular complexity index is 711. The van der Waals surface area contributed by atoms with Gasteiger partial charge in [0, 0.05) is 6.42 Å². The van der Waals surface area contributed by atoms with Gasteiger partial charge in [0.1, 0.15) is 0 Å². The maximum atomic E-state index is 12.3. The van der Waals surface area contributed by atoms with Crippen LogP contribution in [0.15, 0.2) is 48.6 Å². The third-order valence-electron chi connectivity index (χ3n) is 8.35. The van der Waals surface area contributed by atoms with E-state index in [0.717, 1.165) is 51.4 Å². The van der Waals surface area contributed by atoms with Crippen LogP contribution >= 0.6 is 0 Å². The molecule has 0 radical (unpaired) electrons. The van der Waals surface area contributed by atoms with E-state index in [1.807, 2.05) is 0 Å². The second-order valence-electron chi connectivity index (χ2n) is 12.6. The molecule has 0 saturated heterocycles. The van der Waals surface area contributed by atoms with Crippen LogP contribution in [0.3, 0.4) is 0 Å². The first-order chi connectivity index (χ1) is 21.7. The molecule has 0 aromatic rings. The average molecular weight is 616 g/mol. The first kappa shape index (κ1) is 42.3. The summed E-state index contributed by atoms with van der Waals surface area (Å²) in [5.41, 5.74) is 0. The Morgan fingerprint density at radius 2 is 1.00 bits per heavy atom. The summed E-state index contributed by atoms with van der Waals surface area (Å²) in [6.07, 6.45) is 47.4. The van der Waals surface area contributed by atoms with E-state index in [0.29, 0.717) is 12.8 Å². The number of allylic oxidation sites excluding steroid dienone is 8. The monoisotopic (exact) mass is 616 g/mol. The lowest BCUT2D eigenvalue weighted by atomic mass is 10.0. The van der Waals surface area contributed by atoms with Gasteiger partial charge < -0.3 is 15.5 Å². The van der Waals surface area contributed by atoms with Crippen molar-refractivity contribution in [1.29, 1.82) is 0 Å². The number of hydrogen-bond acceptors (Lipinski definition) is 3. The number of aliphatic hydroxyl groups excluding tert-OH is 2. The number of hydrogen-bond donors (Lipinski definition) is 3. The van der Waals surface area contributed by atoms with E-state index in [1.54, 1.807) is 0 Å². The second kappa shape index (κ2) is 35.8. The lowest BCUT2D eigenvalue weighted by molar-refractivity contribution is -0.123. The van der Waals surface area contributed by atoms with Gasteiger partial charge in [-0.3, -0.25) is 4.79 Å². The Balaban J connectivity index is 3.59. The zero-order chi connectivity index (χ0) is 32.2. The molecule has 44 heavy (non-hydrogen) atoms. The summed E-state index contributed by atoms with van der Waals surface area (Å²) in [6, 6.07) is -0.540. The van der Waals surface area contributed by atoms with Gasteiger partial charge in [-0.25, -0.2) is 0 Å². The fourth-order valence-electron chi connectivity index (χ4n) is 5.47. The summed E-state index contributed by atoms with van der Waals surface area (Å²) >= 11 is 0. The molecule has 0 rings (SSSR count). The summed E-state index contributed by atoms with van der Waals surface area (Å²) in [5.74, 6) is -0.0436. The van der Waals surface area contributed by atoms with E-state index < -0.39 is 12.1 Å².